The molecule has 0 aliphatic rings. The first-order valence-corrected chi connectivity index (χ1v) is 11.0. The average Bonchev–Trinajstić information content (AvgIpc) is 3.01. The van der Waals surface area contributed by atoms with Crippen molar-refractivity contribution in [1.82, 2.24) is 4.57 Å². The Hall–Kier alpha value is -2.71. The second-order valence-electron chi connectivity index (χ2n) is 7.98. The summed E-state index contributed by atoms with van der Waals surface area (Å²) >= 11 is 5.73. The van der Waals surface area contributed by atoms with Gasteiger partial charge in [0.05, 0.1) is 12.3 Å². The van der Waals surface area contributed by atoms with Gasteiger partial charge in [-0.3, -0.25) is 0 Å². The van der Waals surface area contributed by atoms with Gasteiger partial charge in [0.15, 0.2) is 0 Å². The van der Waals surface area contributed by atoms with E-state index in [9.17, 15) is 0 Å². The van der Waals surface area contributed by atoms with Crippen LogP contribution in [0.4, 0.5) is 0 Å². The summed E-state index contributed by atoms with van der Waals surface area (Å²) < 4.78 is 8.19. The first-order valence-electron chi connectivity index (χ1n) is 10.5. The molecular weight excluding hydrogens is 390 g/mol. The van der Waals surface area contributed by atoms with Gasteiger partial charge < -0.3 is 9.30 Å². The van der Waals surface area contributed by atoms with Crippen molar-refractivity contribution in [3.05, 3.63) is 89.0 Å². The van der Waals surface area contributed by atoms with Gasteiger partial charge in [0, 0.05) is 23.3 Å². The smallest absolute Gasteiger partial charge is 0.119 e. The third-order valence-electron chi connectivity index (χ3n) is 5.61. The van der Waals surface area contributed by atoms with Gasteiger partial charge in [-0.05, 0) is 68.1 Å². The summed E-state index contributed by atoms with van der Waals surface area (Å²) in [6.07, 6.45) is 0.858. The average molecular weight is 418 g/mol. The third-order valence-corrected chi connectivity index (χ3v) is 5.87. The largest absolute Gasteiger partial charge is 0.494 e. The van der Waals surface area contributed by atoms with Crippen molar-refractivity contribution < 1.29 is 4.74 Å². The Morgan fingerprint density at radius 2 is 1.53 bits per heavy atom. The van der Waals surface area contributed by atoms with E-state index in [0.717, 1.165) is 18.7 Å². The van der Waals surface area contributed by atoms with Gasteiger partial charge in [0.25, 0.3) is 0 Å². The van der Waals surface area contributed by atoms with Gasteiger partial charge in [-0.25, -0.2) is 0 Å². The molecule has 0 bridgehead atoms. The highest BCUT2D eigenvalue weighted by atomic mass is 35.5. The summed E-state index contributed by atoms with van der Waals surface area (Å²) in [7, 11) is 0. The van der Waals surface area contributed by atoms with Crippen molar-refractivity contribution in [2.75, 3.05) is 12.5 Å². The van der Waals surface area contributed by atoms with Crippen LogP contribution in [0, 0.1) is 20.8 Å². The molecule has 154 valence electrons. The van der Waals surface area contributed by atoms with Crippen molar-refractivity contribution in [2.45, 2.75) is 33.7 Å². The Morgan fingerprint density at radius 1 is 0.833 bits per heavy atom. The number of fused-ring (bicyclic) bond motifs is 1. The van der Waals surface area contributed by atoms with Crippen LogP contribution in [0.1, 0.15) is 28.7 Å². The van der Waals surface area contributed by atoms with E-state index in [1.54, 1.807) is 0 Å². The minimum absolute atomic E-state index is 0.624. The molecule has 0 saturated carbocycles. The number of aromatic nitrogens is 1. The molecule has 0 saturated heterocycles. The van der Waals surface area contributed by atoms with Gasteiger partial charge in [-0.2, -0.15) is 0 Å². The van der Waals surface area contributed by atoms with Crippen LogP contribution in [0.2, 0.25) is 0 Å². The zero-order valence-electron chi connectivity index (χ0n) is 17.9. The monoisotopic (exact) mass is 417 g/mol. The van der Waals surface area contributed by atoms with Gasteiger partial charge in [0.2, 0.25) is 0 Å². The molecule has 0 N–H and O–H groups in total. The fourth-order valence-corrected chi connectivity index (χ4v) is 4.11. The molecule has 0 unspecified atom stereocenters. The van der Waals surface area contributed by atoms with Crippen LogP contribution in [0.3, 0.4) is 0 Å². The highest BCUT2D eigenvalue weighted by Crippen LogP contribution is 2.34. The van der Waals surface area contributed by atoms with Gasteiger partial charge in [0.1, 0.15) is 5.75 Å². The third kappa shape index (κ3) is 4.24. The maximum Gasteiger partial charge on any atom is 0.119 e. The first kappa shape index (κ1) is 20.6. The molecule has 4 rings (SSSR count). The van der Waals surface area contributed by atoms with Gasteiger partial charge in [-0.15, -0.1) is 11.6 Å². The van der Waals surface area contributed by atoms with Gasteiger partial charge >= 0.3 is 0 Å². The van der Waals surface area contributed by atoms with Crippen LogP contribution in [0.25, 0.3) is 22.2 Å². The lowest BCUT2D eigenvalue weighted by Gasteiger charge is -2.13. The summed E-state index contributed by atoms with van der Waals surface area (Å²) in [4.78, 5) is 0. The fourth-order valence-electron chi connectivity index (χ4n) is 4.00. The molecule has 0 atom stereocenters. The van der Waals surface area contributed by atoms with Crippen molar-refractivity contribution >= 4 is 22.5 Å². The van der Waals surface area contributed by atoms with Crippen LogP contribution in [0.5, 0.6) is 5.75 Å². The standard InChI is InChI=1S/C27H28ClNO/c1-19-5-10-23(11-6-19)27-21(3)25-17-20(2)7-14-26(25)29(27)18-22-8-12-24(13-9-22)30-16-4-15-28/h5-14,17H,4,15-16,18H2,1-3H3. The number of ether oxygens (including phenoxy) is 1. The molecule has 0 spiro atoms. The highest BCUT2D eigenvalue weighted by Gasteiger charge is 2.16. The first-order chi connectivity index (χ1) is 14.6. The fraction of sp³-hybridized carbons (Fsp3) is 0.259. The molecule has 3 heteroatoms. The predicted octanol–water partition coefficient (Wildman–Crippen LogP) is 7.29. The Labute approximate surface area is 184 Å². The summed E-state index contributed by atoms with van der Waals surface area (Å²) in [5.41, 5.74) is 8.97. The lowest BCUT2D eigenvalue weighted by molar-refractivity contribution is 0.318. The zero-order valence-corrected chi connectivity index (χ0v) is 18.7. The van der Waals surface area contributed by atoms with Crippen LogP contribution >= 0.6 is 11.6 Å². The highest BCUT2D eigenvalue weighted by molar-refractivity contribution is 6.17. The molecule has 0 aliphatic carbocycles. The minimum Gasteiger partial charge on any atom is -0.494 e. The van der Waals surface area contributed by atoms with E-state index in [1.807, 2.05) is 0 Å². The number of aryl methyl sites for hydroxylation is 3. The molecule has 0 amide bonds. The number of nitrogens with zero attached hydrogens (tertiary/aromatic N) is 1. The lowest BCUT2D eigenvalue weighted by Crippen LogP contribution is -2.03. The second-order valence-corrected chi connectivity index (χ2v) is 8.36. The minimum atomic E-state index is 0.624. The second kappa shape index (κ2) is 8.97. The SMILES string of the molecule is Cc1ccc(-c2c(C)c3cc(C)ccc3n2Cc2ccc(OCCCCl)cc2)cc1. The van der Waals surface area contributed by atoms with E-state index >= 15 is 0 Å². The Morgan fingerprint density at radius 3 is 2.23 bits per heavy atom. The maximum absolute atomic E-state index is 5.75. The Bertz CT molecular complexity index is 1140. The number of benzene rings is 3. The zero-order chi connectivity index (χ0) is 21.1. The number of alkyl halides is 1. The predicted molar refractivity (Wildman–Crippen MR) is 128 cm³/mol. The molecule has 0 fully saturated rings. The van der Waals surface area contributed by atoms with E-state index in [0.29, 0.717) is 12.5 Å². The van der Waals surface area contributed by atoms with E-state index in [4.69, 9.17) is 16.3 Å². The van der Waals surface area contributed by atoms with Crippen LogP contribution < -0.4 is 4.74 Å². The van der Waals surface area contributed by atoms with E-state index in [2.05, 4.69) is 92.1 Å². The number of halogens is 1. The van der Waals surface area contributed by atoms with Crippen LogP contribution in [-0.2, 0) is 6.54 Å². The molecule has 1 aromatic heterocycles. The molecule has 30 heavy (non-hydrogen) atoms. The molecule has 2 nitrogen and oxygen atoms in total. The Kier molecular flexibility index (Phi) is 6.15. The quantitative estimate of drug-likeness (QED) is 0.227. The van der Waals surface area contributed by atoms with Crippen molar-refractivity contribution in [3.8, 4) is 17.0 Å². The summed E-state index contributed by atoms with van der Waals surface area (Å²) in [6.45, 7) is 8.00. The Balaban J connectivity index is 1.74. The molecule has 3 aromatic carbocycles. The molecule has 1 heterocycles. The lowest BCUT2D eigenvalue weighted by atomic mass is 10.0. The number of hydrogen-bond donors (Lipinski definition) is 0. The molecule has 0 radical (unpaired) electrons. The van der Waals surface area contributed by atoms with Crippen molar-refractivity contribution in [2.24, 2.45) is 0 Å². The number of hydrogen-bond acceptors (Lipinski definition) is 1. The normalized spacial score (nSPS) is 11.2. The van der Waals surface area contributed by atoms with E-state index < -0.39 is 0 Å². The molecular formula is C27H28ClNO. The van der Waals surface area contributed by atoms with Crippen LogP contribution in [0.15, 0.2) is 66.7 Å². The molecule has 4 aromatic rings. The van der Waals surface area contributed by atoms with Crippen molar-refractivity contribution in [1.29, 1.82) is 0 Å². The summed E-state index contributed by atoms with van der Waals surface area (Å²) in [5.74, 6) is 1.52. The summed E-state index contributed by atoms with van der Waals surface area (Å²) in [5, 5.41) is 1.33. The number of rotatable bonds is 7. The topological polar surface area (TPSA) is 14.2 Å². The maximum atomic E-state index is 5.75. The molecule has 0 aliphatic heterocycles. The van der Waals surface area contributed by atoms with E-state index in [1.165, 1.54) is 44.4 Å². The van der Waals surface area contributed by atoms with Crippen molar-refractivity contribution in [3.63, 3.8) is 0 Å². The summed E-state index contributed by atoms with van der Waals surface area (Å²) in [6, 6.07) is 24.0. The van der Waals surface area contributed by atoms with E-state index in [-0.39, 0.29) is 0 Å². The van der Waals surface area contributed by atoms with Gasteiger partial charge in [-0.1, -0.05) is 53.6 Å². The van der Waals surface area contributed by atoms with Crippen LogP contribution in [-0.4, -0.2) is 17.1 Å².